The number of carbonyl (C=O) groups excluding carboxylic acids is 5. The first-order chi connectivity index (χ1) is 16.8. The molecule has 1 aromatic rings. The normalized spacial score (nSPS) is 28.7. The number of aliphatic hydroxyl groups excluding tert-OH is 1. The molecule has 0 saturated carbocycles. The van der Waals surface area contributed by atoms with Gasteiger partial charge in [-0.1, -0.05) is 12.1 Å². The Labute approximate surface area is 204 Å². The van der Waals surface area contributed by atoms with Gasteiger partial charge in [0.2, 0.25) is 0 Å². The molecule has 0 aliphatic heterocycles. The fraction of sp³-hybridized carbons (Fsp3) is 0.375. The first-order valence-electron chi connectivity index (χ1n) is 10.8. The van der Waals surface area contributed by atoms with E-state index in [1.807, 2.05) is 0 Å². The van der Waals surface area contributed by atoms with Crippen LogP contribution in [-0.2, 0) is 28.6 Å². The molecule has 0 bridgehead atoms. The number of aromatic hydroxyl groups is 1. The Morgan fingerprint density at radius 2 is 1.64 bits per heavy atom. The number of phenols is 1. The third-order valence-electron chi connectivity index (χ3n) is 6.41. The fourth-order valence-corrected chi connectivity index (χ4v) is 5.22. The number of aliphatic hydroxyl groups is 1. The minimum absolute atomic E-state index is 0.169. The van der Waals surface area contributed by atoms with Gasteiger partial charge in [0.1, 0.15) is 11.9 Å². The Bertz CT molecular complexity index is 1330. The number of phenolic OH excluding ortho intramolecular Hbond substituents is 1. The van der Waals surface area contributed by atoms with E-state index in [0.717, 1.165) is 20.8 Å². The molecule has 1 aromatic carbocycles. The molecule has 5 atom stereocenters. The minimum atomic E-state index is -2.06. The van der Waals surface area contributed by atoms with E-state index in [-0.39, 0.29) is 33.4 Å². The van der Waals surface area contributed by atoms with Gasteiger partial charge in [0.15, 0.2) is 29.4 Å². The maximum atomic E-state index is 13.6. The van der Waals surface area contributed by atoms with Crippen molar-refractivity contribution in [2.24, 2.45) is 5.11 Å². The molecular formula is C24H21N2O10-. The number of ether oxygens (including phenoxy) is 3. The third-order valence-corrected chi connectivity index (χ3v) is 6.41. The summed E-state index contributed by atoms with van der Waals surface area (Å²) in [5.74, 6) is -4.79. The minimum Gasteiger partial charge on any atom is -0.711 e. The molecule has 3 aliphatic carbocycles. The lowest BCUT2D eigenvalue weighted by Crippen LogP contribution is -2.64. The molecule has 3 aliphatic rings. The van der Waals surface area contributed by atoms with Crippen LogP contribution in [0, 0.1) is 0 Å². The van der Waals surface area contributed by atoms with Crippen LogP contribution < -0.4 is 0 Å². The summed E-state index contributed by atoms with van der Waals surface area (Å²) in [4.78, 5) is 63.2. The number of fused-ring (bicyclic) bond motifs is 2. The molecule has 0 radical (unpaired) electrons. The zero-order valence-corrected chi connectivity index (χ0v) is 19.6. The number of benzene rings is 1. The average Bonchev–Trinajstić information content (AvgIpc) is 3.12. The Morgan fingerprint density at radius 1 is 1.00 bits per heavy atom. The highest BCUT2D eigenvalue weighted by Gasteiger charge is 2.63. The van der Waals surface area contributed by atoms with E-state index in [4.69, 9.17) is 14.2 Å². The monoisotopic (exact) mass is 497 g/mol. The van der Waals surface area contributed by atoms with Gasteiger partial charge in [-0.3, -0.25) is 24.0 Å². The van der Waals surface area contributed by atoms with E-state index in [1.165, 1.54) is 25.1 Å². The average molecular weight is 497 g/mol. The van der Waals surface area contributed by atoms with Crippen molar-refractivity contribution in [2.45, 2.75) is 57.6 Å². The van der Waals surface area contributed by atoms with Crippen LogP contribution >= 0.6 is 0 Å². The molecule has 0 saturated heterocycles. The highest BCUT2D eigenvalue weighted by atomic mass is 16.6. The standard InChI is InChI=1S/C24H21N2O10/c1-8(27)34-22-17-15(21(33)23(35-9(2)28)24(22,4)36-10(3)29)14-16(18(17)26-25)20(32)13-11(19(14)31)6-5-7-12(13)30/h5-7,18,21-23,30,33H,1-4H3/q-1. The summed E-state index contributed by atoms with van der Waals surface area (Å²) in [6.07, 6.45) is -5.21. The summed E-state index contributed by atoms with van der Waals surface area (Å²) in [5.41, 5.74) is 6.24. The molecule has 188 valence electrons. The highest BCUT2D eigenvalue weighted by Crippen LogP contribution is 2.52. The van der Waals surface area contributed by atoms with E-state index < -0.39 is 65.2 Å². The maximum absolute atomic E-state index is 13.6. The predicted molar refractivity (Wildman–Crippen MR) is 118 cm³/mol. The molecule has 5 unspecified atom stereocenters. The molecule has 0 fully saturated rings. The Morgan fingerprint density at radius 3 is 2.19 bits per heavy atom. The van der Waals surface area contributed by atoms with Crippen LogP contribution in [0.4, 0.5) is 0 Å². The van der Waals surface area contributed by atoms with E-state index in [1.54, 1.807) is 0 Å². The lowest BCUT2D eigenvalue weighted by Gasteiger charge is -2.47. The second-order valence-corrected chi connectivity index (χ2v) is 8.78. The predicted octanol–water partition coefficient (Wildman–Crippen LogP) is 1.33. The summed E-state index contributed by atoms with van der Waals surface area (Å²) in [6, 6.07) is 2.22. The van der Waals surface area contributed by atoms with Crippen LogP contribution in [0.2, 0.25) is 0 Å². The van der Waals surface area contributed by atoms with Crippen LogP contribution in [0.15, 0.2) is 45.6 Å². The topological polar surface area (TPSA) is 188 Å². The van der Waals surface area contributed by atoms with Gasteiger partial charge in [0, 0.05) is 48.6 Å². The highest BCUT2D eigenvalue weighted by molar-refractivity contribution is 6.31. The molecule has 36 heavy (non-hydrogen) atoms. The maximum Gasteiger partial charge on any atom is 0.303 e. The van der Waals surface area contributed by atoms with Crippen molar-refractivity contribution >= 4 is 29.5 Å². The quantitative estimate of drug-likeness (QED) is 0.349. The van der Waals surface area contributed by atoms with Crippen molar-refractivity contribution < 1.29 is 48.4 Å². The van der Waals surface area contributed by atoms with Gasteiger partial charge in [-0.25, -0.2) is 0 Å². The molecule has 0 heterocycles. The van der Waals surface area contributed by atoms with Gasteiger partial charge in [0.05, 0.1) is 11.6 Å². The number of hydrogen-bond donors (Lipinski definition) is 2. The Hall–Kier alpha value is -4.19. The van der Waals surface area contributed by atoms with Gasteiger partial charge in [-0.05, 0) is 13.0 Å². The molecular weight excluding hydrogens is 476 g/mol. The molecule has 12 nitrogen and oxygen atoms in total. The van der Waals surface area contributed by atoms with Crippen molar-refractivity contribution in [1.82, 2.24) is 0 Å². The zero-order valence-electron chi connectivity index (χ0n) is 19.6. The molecule has 0 aromatic heterocycles. The van der Waals surface area contributed by atoms with Gasteiger partial charge in [-0.15, -0.1) is 0 Å². The third kappa shape index (κ3) is 3.44. The second kappa shape index (κ2) is 8.48. The Kier molecular flexibility index (Phi) is 5.87. The SMILES string of the molecule is CC(=O)OC1C2=C(C3=C(C(=O)c4c(O)cccc4C3=O)C2N=[N-])C(O)C(OC(C)=O)C1(C)OC(C)=O. The van der Waals surface area contributed by atoms with Crippen molar-refractivity contribution in [1.29, 1.82) is 0 Å². The zero-order chi connectivity index (χ0) is 26.7. The van der Waals surface area contributed by atoms with Crippen LogP contribution in [0.1, 0.15) is 48.4 Å². The van der Waals surface area contributed by atoms with E-state index in [9.17, 15) is 39.7 Å². The number of Topliss-reactive ketones (excluding diaryl/α,β-unsaturated/α-hetero) is 2. The number of nitrogens with zero attached hydrogens (tertiary/aromatic N) is 2. The van der Waals surface area contributed by atoms with Crippen LogP contribution in [-0.4, -0.2) is 69.6 Å². The molecule has 0 amide bonds. The smallest absolute Gasteiger partial charge is 0.303 e. The van der Waals surface area contributed by atoms with E-state index in [0.29, 0.717) is 0 Å². The first-order valence-corrected chi connectivity index (χ1v) is 10.8. The molecule has 2 N–H and O–H groups in total. The fourth-order valence-electron chi connectivity index (χ4n) is 5.22. The van der Waals surface area contributed by atoms with Crippen molar-refractivity contribution in [3.05, 3.63) is 57.1 Å². The van der Waals surface area contributed by atoms with Crippen molar-refractivity contribution in [2.75, 3.05) is 0 Å². The van der Waals surface area contributed by atoms with Crippen LogP contribution in [0.25, 0.3) is 5.53 Å². The number of carbonyl (C=O) groups is 5. The Balaban J connectivity index is 2.04. The summed E-state index contributed by atoms with van der Waals surface area (Å²) in [5, 5.41) is 24.9. The molecule has 4 rings (SSSR count). The lowest BCUT2D eigenvalue weighted by atomic mass is 9.73. The van der Waals surface area contributed by atoms with Crippen molar-refractivity contribution in [3.8, 4) is 5.75 Å². The summed E-state index contributed by atoms with van der Waals surface area (Å²) >= 11 is 0. The van der Waals surface area contributed by atoms with Gasteiger partial charge in [0.25, 0.3) is 0 Å². The number of rotatable bonds is 4. The van der Waals surface area contributed by atoms with E-state index in [2.05, 4.69) is 5.11 Å². The summed E-state index contributed by atoms with van der Waals surface area (Å²) in [7, 11) is 0. The van der Waals surface area contributed by atoms with Gasteiger partial charge in [-0.2, -0.15) is 0 Å². The summed E-state index contributed by atoms with van der Waals surface area (Å²) in [6.45, 7) is 4.34. The van der Waals surface area contributed by atoms with Gasteiger partial charge >= 0.3 is 17.9 Å². The van der Waals surface area contributed by atoms with Crippen LogP contribution in [0.5, 0.6) is 5.75 Å². The van der Waals surface area contributed by atoms with Crippen molar-refractivity contribution in [3.63, 3.8) is 0 Å². The van der Waals surface area contributed by atoms with E-state index >= 15 is 0 Å². The number of esters is 3. The lowest BCUT2D eigenvalue weighted by molar-refractivity contribution is -0.217. The first kappa shape index (κ1) is 24.9. The largest absolute Gasteiger partial charge is 0.711 e. The second-order valence-electron chi connectivity index (χ2n) is 8.78. The number of hydrogen-bond acceptors (Lipinski definition) is 11. The van der Waals surface area contributed by atoms with Gasteiger partial charge < -0.3 is 35.1 Å². The summed E-state index contributed by atoms with van der Waals surface area (Å²) < 4.78 is 16.2. The molecule has 12 heteroatoms. The number of ketones is 2. The molecule has 0 spiro atoms. The van der Waals surface area contributed by atoms with Crippen LogP contribution in [0.3, 0.4) is 0 Å².